The highest BCUT2D eigenvalue weighted by molar-refractivity contribution is 5.75. The molecule has 0 radical (unpaired) electrons. The highest BCUT2D eigenvalue weighted by Crippen LogP contribution is 2.44. The molecule has 4 saturated heterocycles. The Balaban J connectivity index is 1.27. The summed E-state index contributed by atoms with van der Waals surface area (Å²) in [5.74, 6) is -2.86. The van der Waals surface area contributed by atoms with E-state index in [4.69, 9.17) is 47.4 Å². The lowest BCUT2D eigenvalue weighted by atomic mass is 9.86. The fourth-order valence-corrected chi connectivity index (χ4v) is 6.97. The van der Waals surface area contributed by atoms with Gasteiger partial charge in [-0.15, -0.1) is 0 Å². The summed E-state index contributed by atoms with van der Waals surface area (Å²) in [6, 6.07) is 19.5. The highest BCUT2D eigenvalue weighted by atomic mass is 16.9. The average Bonchev–Trinajstić information content (AvgIpc) is 3.56. The van der Waals surface area contributed by atoms with Gasteiger partial charge >= 0.3 is 5.97 Å². The van der Waals surface area contributed by atoms with Gasteiger partial charge in [-0.25, -0.2) is 0 Å². The molecule has 0 aliphatic carbocycles. The third-order valence-corrected chi connectivity index (χ3v) is 8.99. The average molecular weight is 685 g/mol. The second-order valence-electron chi connectivity index (χ2n) is 14.0. The van der Waals surface area contributed by atoms with Gasteiger partial charge in [0, 0.05) is 19.3 Å². The number of ether oxygens (including phenoxy) is 10. The predicted octanol–water partition coefficient (Wildman–Crippen LogP) is 4.45. The van der Waals surface area contributed by atoms with Gasteiger partial charge in [-0.3, -0.25) is 4.79 Å². The van der Waals surface area contributed by atoms with E-state index < -0.39 is 78.8 Å². The first-order valence-corrected chi connectivity index (χ1v) is 16.9. The molecule has 2 aromatic rings. The van der Waals surface area contributed by atoms with Crippen LogP contribution in [-0.4, -0.2) is 91.8 Å². The van der Waals surface area contributed by atoms with Crippen LogP contribution in [-0.2, 0) is 70.2 Å². The van der Waals surface area contributed by atoms with E-state index in [-0.39, 0.29) is 38.6 Å². The van der Waals surface area contributed by atoms with Gasteiger partial charge in [0.15, 0.2) is 24.2 Å². The summed E-state index contributed by atoms with van der Waals surface area (Å²) in [5.41, 5.74) is 1.90. The lowest BCUT2D eigenvalue weighted by molar-refractivity contribution is -0.316. The van der Waals surface area contributed by atoms with Crippen LogP contribution in [0.15, 0.2) is 60.7 Å². The summed E-state index contributed by atoms with van der Waals surface area (Å²) in [5, 5.41) is 0. The van der Waals surface area contributed by atoms with Crippen LogP contribution in [0.3, 0.4) is 0 Å². The molecule has 0 amide bonds. The third-order valence-electron chi connectivity index (χ3n) is 8.99. The Morgan fingerprint density at radius 1 is 0.653 bits per heavy atom. The van der Waals surface area contributed by atoms with Crippen molar-refractivity contribution in [3.8, 4) is 0 Å². The van der Waals surface area contributed by atoms with Crippen LogP contribution in [0.2, 0.25) is 0 Å². The van der Waals surface area contributed by atoms with E-state index in [0.29, 0.717) is 0 Å². The Labute approximate surface area is 287 Å². The number of esters is 1. The largest absolute Gasteiger partial charge is 0.463 e. The van der Waals surface area contributed by atoms with Gasteiger partial charge < -0.3 is 52.2 Å². The third kappa shape index (κ3) is 8.94. The van der Waals surface area contributed by atoms with Crippen molar-refractivity contribution in [3.63, 3.8) is 0 Å². The zero-order valence-electron chi connectivity index (χ0n) is 29.0. The van der Waals surface area contributed by atoms with E-state index in [1.807, 2.05) is 88.4 Å². The van der Waals surface area contributed by atoms with Gasteiger partial charge in [0.1, 0.15) is 49.0 Å². The lowest BCUT2D eigenvalue weighted by Gasteiger charge is -2.46. The van der Waals surface area contributed by atoms with Crippen molar-refractivity contribution in [2.24, 2.45) is 5.92 Å². The molecule has 268 valence electrons. The van der Waals surface area contributed by atoms with E-state index in [2.05, 4.69) is 0 Å². The summed E-state index contributed by atoms with van der Waals surface area (Å²) in [6.45, 7) is 10.6. The van der Waals surface area contributed by atoms with Gasteiger partial charge in [0.05, 0.1) is 25.9 Å². The molecule has 12 nitrogen and oxygen atoms in total. The van der Waals surface area contributed by atoms with E-state index in [1.165, 1.54) is 13.8 Å². The van der Waals surface area contributed by atoms with Crippen molar-refractivity contribution >= 4 is 11.8 Å². The molecular formula is C37H48O12. The molecule has 4 fully saturated rings. The Kier molecular flexibility index (Phi) is 11.2. The number of carbonyl (C=O) groups is 2. The van der Waals surface area contributed by atoms with Crippen molar-refractivity contribution in [3.05, 3.63) is 71.8 Å². The van der Waals surface area contributed by atoms with Gasteiger partial charge in [0.2, 0.25) is 0 Å². The van der Waals surface area contributed by atoms with E-state index in [9.17, 15) is 9.59 Å². The molecule has 10 atom stereocenters. The Morgan fingerprint density at radius 3 is 1.84 bits per heavy atom. The molecule has 2 aromatic carbocycles. The molecule has 0 spiro atoms. The number of hydrogen-bond acceptors (Lipinski definition) is 12. The van der Waals surface area contributed by atoms with Crippen LogP contribution in [0.5, 0.6) is 0 Å². The van der Waals surface area contributed by atoms with Crippen LogP contribution in [0.1, 0.15) is 59.1 Å². The molecule has 0 saturated carbocycles. The smallest absolute Gasteiger partial charge is 0.302 e. The maximum absolute atomic E-state index is 12.8. The molecule has 49 heavy (non-hydrogen) atoms. The van der Waals surface area contributed by atoms with Gasteiger partial charge in [0.25, 0.3) is 0 Å². The van der Waals surface area contributed by atoms with Crippen molar-refractivity contribution in [1.82, 2.24) is 0 Å². The molecular weight excluding hydrogens is 636 g/mol. The molecule has 6 rings (SSSR count). The maximum Gasteiger partial charge on any atom is 0.302 e. The molecule has 4 aliphatic rings. The Bertz CT molecular complexity index is 1400. The van der Waals surface area contributed by atoms with Crippen LogP contribution in [0, 0.1) is 5.92 Å². The summed E-state index contributed by atoms with van der Waals surface area (Å²) in [7, 11) is 0. The minimum atomic E-state index is -0.950. The molecule has 0 unspecified atom stereocenters. The van der Waals surface area contributed by atoms with Crippen LogP contribution < -0.4 is 0 Å². The number of carbonyl (C=O) groups excluding carboxylic acids is 2. The van der Waals surface area contributed by atoms with E-state index in [0.717, 1.165) is 11.1 Å². The first-order valence-electron chi connectivity index (χ1n) is 16.9. The fourth-order valence-electron chi connectivity index (χ4n) is 6.97. The first-order chi connectivity index (χ1) is 23.4. The highest BCUT2D eigenvalue weighted by Gasteiger charge is 2.61. The number of rotatable bonds is 13. The fraction of sp³-hybridized carbons (Fsp3) is 0.622. The van der Waals surface area contributed by atoms with Crippen LogP contribution in [0.4, 0.5) is 0 Å². The zero-order valence-corrected chi connectivity index (χ0v) is 29.0. The van der Waals surface area contributed by atoms with Gasteiger partial charge in [-0.2, -0.15) is 0 Å². The molecule has 0 bridgehead atoms. The summed E-state index contributed by atoms with van der Waals surface area (Å²) in [4.78, 5) is 24.8. The van der Waals surface area contributed by atoms with Crippen molar-refractivity contribution < 1.29 is 57.0 Å². The lowest BCUT2D eigenvalue weighted by Crippen LogP contribution is -2.60. The van der Waals surface area contributed by atoms with Crippen LogP contribution >= 0.6 is 0 Å². The van der Waals surface area contributed by atoms with Crippen LogP contribution in [0.25, 0.3) is 0 Å². The molecule has 4 heterocycles. The van der Waals surface area contributed by atoms with Crippen molar-refractivity contribution in [2.45, 2.75) is 128 Å². The topological polar surface area (TPSA) is 126 Å². The minimum absolute atomic E-state index is 0.0217. The first kappa shape index (κ1) is 36.0. The normalized spacial score (nSPS) is 34.6. The second-order valence-corrected chi connectivity index (χ2v) is 14.0. The van der Waals surface area contributed by atoms with E-state index in [1.54, 1.807) is 0 Å². The quantitative estimate of drug-likeness (QED) is 0.277. The Morgan fingerprint density at radius 2 is 1.22 bits per heavy atom. The number of Topliss-reactive ketones (excluding diaryl/α,β-unsaturated/α-hetero) is 1. The molecule has 4 aliphatic heterocycles. The predicted molar refractivity (Wildman–Crippen MR) is 173 cm³/mol. The number of fused-ring (bicyclic) bond motifs is 3. The van der Waals surface area contributed by atoms with Gasteiger partial charge in [-0.05, 0) is 45.7 Å². The maximum atomic E-state index is 12.8. The molecule has 0 N–H and O–H groups in total. The summed E-state index contributed by atoms with van der Waals surface area (Å²) >= 11 is 0. The summed E-state index contributed by atoms with van der Waals surface area (Å²) < 4.78 is 62.9. The monoisotopic (exact) mass is 684 g/mol. The Hall–Kier alpha value is -2.78. The van der Waals surface area contributed by atoms with E-state index >= 15 is 0 Å². The second kappa shape index (κ2) is 15.2. The van der Waals surface area contributed by atoms with Crippen molar-refractivity contribution in [1.29, 1.82) is 0 Å². The molecule has 12 heteroatoms. The summed E-state index contributed by atoms with van der Waals surface area (Å²) in [6.07, 6.45) is -5.79. The minimum Gasteiger partial charge on any atom is -0.463 e. The zero-order chi connectivity index (χ0) is 34.8. The standard InChI is InChI=1S/C37H48O12/c1-22(38)17-26-29(41-18-24-13-9-7-10-14-24)30(42-19-25-15-11-8-12-16-25)27(20-40-23(2)39)44-34(26)43-21-28-31-32(47-36(3,4)46-31)33-35(45-28)49-37(5,6)48-33/h7-16,26-35H,17-21H2,1-6H3/t26-,27-,28-,29-,30-,31+,32+,33-,34-,35-/m1/s1. The van der Waals surface area contributed by atoms with Crippen molar-refractivity contribution in [2.75, 3.05) is 13.2 Å². The number of benzene rings is 2. The SMILES string of the molecule is CC(=O)C[C@H]1[C@H](OC[C@H]2O[C@@H]3OC(C)(C)O[C@@H]3[C@H]3OC(C)(C)O[C@H]32)O[C@H](COC(C)=O)[C@@H](OCc2ccccc2)[C@@H]1OCc1ccccc1. The number of hydrogen-bond donors (Lipinski definition) is 0. The molecule has 0 aromatic heterocycles. The number of ketones is 1. The van der Waals surface area contributed by atoms with Gasteiger partial charge in [-0.1, -0.05) is 60.7 Å².